The predicted molar refractivity (Wildman–Crippen MR) is 58.7 cm³/mol. The minimum atomic E-state index is -0.651. The lowest BCUT2D eigenvalue weighted by atomic mass is 10.3. The van der Waals surface area contributed by atoms with Gasteiger partial charge in [0, 0.05) is 26.3 Å². The summed E-state index contributed by atoms with van der Waals surface area (Å²) < 4.78 is 0. The molecule has 0 bridgehead atoms. The summed E-state index contributed by atoms with van der Waals surface area (Å²) in [7, 11) is 0. The third-order valence-corrected chi connectivity index (χ3v) is 1.95. The highest BCUT2D eigenvalue weighted by atomic mass is 16.3. The van der Waals surface area contributed by atoms with Crippen LogP contribution in [0.5, 0.6) is 0 Å². The molecule has 16 heavy (non-hydrogen) atoms. The summed E-state index contributed by atoms with van der Waals surface area (Å²) in [6.45, 7) is 0.958. The van der Waals surface area contributed by atoms with Crippen molar-refractivity contribution in [2.45, 2.75) is 25.7 Å². The van der Waals surface area contributed by atoms with Crippen LogP contribution in [0.15, 0.2) is 0 Å². The third kappa shape index (κ3) is 8.19. The molecule has 6 heteroatoms. The molecule has 0 saturated heterocycles. The fourth-order valence-electron chi connectivity index (χ4n) is 1.04. The highest BCUT2D eigenvalue weighted by Gasteiger charge is 2.10. The van der Waals surface area contributed by atoms with E-state index in [-0.39, 0.29) is 13.2 Å². The Kier molecular flexibility index (Phi) is 9.64. The van der Waals surface area contributed by atoms with Crippen LogP contribution in [0.4, 0.5) is 0 Å². The van der Waals surface area contributed by atoms with Crippen LogP contribution in [0.25, 0.3) is 0 Å². The van der Waals surface area contributed by atoms with Crippen LogP contribution in [0.3, 0.4) is 0 Å². The maximum absolute atomic E-state index is 11.1. The topological polar surface area (TPSA) is 98.7 Å². The van der Waals surface area contributed by atoms with Crippen LogP contribution in [-0.4, -0.2) is 48.3 Å². The smallest absolute Gasteiger partial charge is 0.309 e. The molecule has 0 aliphatic carbocycles. The highest BCUT2D eigenvalue weighted by molar-refractivity contribution is 6.35. The van der Waals surface area contributed by atoms with Crippen molar-refractivity contribution in [1.29, 1.82) is 0 Å². The molecule has 0 saturated carbocycles. The van der Waals surface area contributed by atoms with Gasteiger partial charge in [-0.3, -0.25) is 9.59 Å². The summed E-state index contributed by atoms with van der Waals surface area (Å²) in [6.07, 6.45) is 2.52. The second-order valence-electron chi connectivity index (χ2n) is 3.37. The number of hydrogen-bond donors (Lipinski definition) is 4. The molecule has 0 rings (SSSR count). The summed E-state index contributed by atoms with van der Waals surface area (Å²) in [5, 5.41) is 21.9. The average molecular weight is 232 g/mol. The largest absolute Gasteiger partial charge is 0.396 e. The van der Waals surface area contributed by atoms with E-state index in [0.717, 1.165) is 0 Å². The van der Waals surface area contributed by atoms with Gasteiger partial charge in [0.05, 0.1) is 0 Å². The lowest BCUT2D eigenvalue weighted by Gasteiger charge is -2.05. The first-order valence-electron chi connectivity index (χ1n) is 5.50. The fraction of sp³-hybridized carbons (Fsp3) is 0.800. The van der Waals surface area contributed by atoms with Gasteiger partial charge in [-0.25, -0.2) is 0 Å². The standard InChI is InChI=1S/C10H20N2O4/c13-7-3-1-5-11-9(15)10(16)12-6-2-4-8-14/h13-14H,1-8H2,(H,11,15)(H,12,16). The highest BCUT2D eigenvalue weighted by Crippen LogP contribution is 1.85. The minimum absolute atomic E-state index is 0.0865. The molecular weight excluding hydrogens is 212 g/mol. The molecule has 0 aromatic carbocycles. The Morgan fingerprint density at radius 1 is 0.750 bits per heavy atom. The lowest BCUT2D eigenvalue weighted by molar-refractivity contribution is -0.139. The molecule has 0 spiro atoms. The summed E-state index contributed by atoms with van der Waals surface area (Å²) >= 11 is 0. The zero-order chi connectivity index (χ0) is 12.2. The number of carbonyl (C=O) groups excluding carboxylic acids is 2. The van der Waals surface area contributed by atoms with Gasteiger partial charge in [-0.15, -0.1) is 0 Å². The third-order valence-electron chi connectivity index (χ3n) is 1.95. The Morgan fingerprint density at radius 2 is 1.12 bits per heavy atom. The quantitative estimate of drug-likeness (QED) is 0.311. The Hall–Kier alpha value is -1.14. The van der Waals surface area contributed by atoms with Crippen molar-refractivity contribution in [2.24, 2.45) is 0 Å². The fourth-order valence-corrected chi connectivity index (χ4v) is 1.04. The molecular formula is C10H20N2O4. The van der Waals surface area contributed by atoms with Crippen LogP contribution < -0.4 is 10.6 Å². The van der Waals surface area contributed by atoms with Gasteiger partial charge in [0.1, 0.15) is 0 Å². The lowest BCUT2D eigenvalue weighted by Crippen LogP contribution is -2.40. The van der Waals surface area contributed by atoms with Crippen molar-refractivity contribution in [3.63, 3.8) is 0 Å². The first-order chi connectivity index (χ1) is 7.72. The minimum Gasteiger partial charge on any atom is -0.396 e. The number of carbonyl (C=O) groups is 2. The van der Waals surface area contributed by atoms with E-state index in [4.69, 9.17) is 10.2 Å². The monoisotopic (exact) mass is 232 g/mol. The maximum atomic E-state index is 11.1. The molecule has 0 aliphatic heterocycles. The Bertz CT molecular complexity index is 187. The molecule has 0 aromatic rings. The van der Waals surface area contributed by atoms with E-state index in [1.54, 1.807) is 0 Å². The molecule has 0 aliphatic rings. The summed E-state index contributed by atoms with van der Waals surface area (Å²) in [4.78, 5) is 22.3. The van der Waals surface area contributed by atoms with Crippen molar-refractivity contribution in [1.82, 2.24) is 10.6 Å². The van der Waals surface area contributed by atoms with E-state index in [2.05, 4.69) is 10.6 Å². The van der Waals surface area contributed by atoms with Gasteiger partial charge < -0.3 is 20.8 Å². The molecule has 0 heterocycles. The number of amides is 2. The van der Waals surface area contributed by atoms with Crippen molar-refractivity contribution < 1.29 is 19.8 Å². The Balaban J connectivity index is 3.46. The van der Waals surface area contributed by atoms with Gasteiger partial charge in [-0.1, -0.05) is 0 Å². The summed E-state index contributed by atoms with van der Waals surface area (Å²) in [6, 6.07) is 0. The van der Waals surface area contributed by atoms with Gasteiger partial charge in [-0.05, 0) is 25.7 Å². The number of aliphatic hydroxyl groups is 2. The molecule has 0 atom stereocenters. The first kappa shape index (κ1) is 14.9. The van der Waals surface area contributed by atoms with Crippen molar-refractivity contribution in [3.8, 4) is 0 Å². The van der Waals surface area contributed by atoms with Gasteiger partial charge in [0.2, 0.25) is 0 Å². The van der Waals surface area contributed by atoms with E-state index >= 15 is 0 Å². The number of nitrogens with one attached hydrogen (secondary N) is 2. The second-order valence-corrected chi connectivity index (χ2v) is 3.37. The van der Waals surface area contributed by atoms with E-state index in [9.17, 15) is 9.59 Å². The molecule has 0 unspecified atom stereocenters. The van der Waals surface area contributed by atoms with Crippen LogP contribution in [0, 0.1) is 0 Å². The average Bonchev–Trinajstić information content (AvgIpc) is 2.29. The second kappa shape index (κ2) is 10.4. The van der Waals surface area contributed by atoms with E-state index < -0.39 is 11.8 Å². The zero-order valence-corrected chi connectivity index (χ0v) is 9.37. The molecule has 0 fully saturated rings. The van der Waals surface area contributed by atoms with Crippen LogP contribution in [0.2, 0.25) is 0 Å². The van der Waals surface area contributed by atoms with Crippen molar-refractivity contribution in [2.75, 3.05) is 26.3 Å². The van der Waals surface area contributed by atoms with Crippen LogP contribution >= 0.6 is 0 Å². The summed E-state index contributed by atoms with van der Waals surface area (Å²) in [5.74, 6) is -1.30. The maximum Gasteiger partial charge on any atom is 0.309 e. The van der Waals surface area contributed by atoms with Crippen LogP contribution in [0.1, 0.15) is 25.7 Å². The number of rotatable bonds is 8. The number of hydrogen-bond acceptors (Lipinski definition) is 4. The zero-order valence-electron chi connectivity index (χ0n) is 9.37. The predicted octanol–water partition coefficient (Wildman–Crippen LogP) is -1.24. The van der Waals surface area contributed by atoms with Gasteiger partial charge in [0.15, 0.2) is 0 Å². The molecule has 6 nitrogen and oxygen atoms in total. The van der Waals surface area contributed by atoms with E-state index in [0.29, 0.717) is 38.8 Å². The van der Waals surface area contributed by atoms with E-state index in [1.165, 1.54) is 0 Å². The Labute approximate surface area is 95.0 Å². The van der Waals surface area contributed by atoms with Crippen LogP contribution in [-0.2, 0) is 9.59 Å². The Morgan fingerprint density at radius 3 is 1.44 bits per heavy atom. The van der Waals surface area contributed by atoms with Gasteiger partial charge >= 0.3 is 11.8 Å². The normalized spacial score (nSPS) is 9.88. The molecule has 4 N–H and O–H groups in total. The number of unbranched alkanes of at least 4 members (excludes halogenated alkanes) is 2. The SMILES string of the molecule is O=C(NCCCCO)C(=O)NCCCCO. The molecule has 0 aromatic heterocycles. The number of aliphatic hydroxyl groups excluding tert-OH is 2. The van der Waals surface area contributed by atoms with Gasteiger partial charge in [-0.2, -0.15) is 0 Å². The van der Waals surface area contributed by atoms with Crippen molar-refractivity contribution >= 4 is 11.8 Å². The first-order valence-corrected chi connectivity index (χ1v) is 5.50. The van der Waals surface area contributed by atoms with E-state index in [1.807, 2.05) is 0 Å². The van der Waals surface area contributed by atoms with Gasteiger partial charge in [0.25, 0.3) is 0 Å². The summed E-state index contributed by atoms with van der Waals surface area (Å²) in [5.41, 5.74) is 0. The molecule has 2 amide bonds. The molecule has 0 radical (unpaired) electrons. The van der Waals surface area contributed by atoms with Crippen molar-refractivity contribution in [3.05, 3.63) is 0 Å². The molecule has 94 valence electrons.